The summed E-state index contributed by atoms with van der Waals surface area (Å²) in [5, 5.41) is 0. The summed E-state index contributed by atoms with van der Waals surface area (Å²) < 4.78 is 2.93. The quantitative estimate of drug-likeness (QED) is 0.751. The summed E-state index contributed by atoms with van der Waals surface area (Å²) in [5.41, 5.74) is 1.24. The molecule has 0 amide bonds. The van der Waals surface area contributed by atoms with Crippen LogP contribution in [0.2, 0.25) is 0 Å². The van der Waals surface area contributed by atoms with E-state index in [2.05, 4.69) is 29.2 Å². The number of fused-ring (bicyclic) bond motifs is 1. The summed E-state index contributed by atoms with van der Waals surface area (Å²) in [6, 6.07) is 8.63. The van der Waals surface area contributed by atoms with Crippen molar-refractivity contribution in [1.29, 1.82) is 0 Å². The first-order valence-corrected chi connectivity index (χ1v) is 7.87. The third kappa shape index (κ3) is 1.91. The van der Waals surface area contributed by atoms with E-state index in [9.17, 15) is 0 Å². The number of piperidine rings is 1. The van der Waals surface area contributed by atoms with Crippen molar-refractivity contribution in [3.05, 3.63) is 24.3 Å². The van der Waals surface area contributed by atoms with Gasteiger partial charge in [-0.15, -0.1) is 0 Å². The van der Waals surface area contributed by atoms with Gasteiger partial charge >= 0.3 is 99.7 Å². The predicted molar refractivity (Wildman–Crippen MR) is 64.7 cm³/mol. The van der Waals surface area contributed by atoms with E-state index < -0.39 is 0 Å². The number of para-hydroxylation sites is 1. The van der Waals surface area contributed by atoms with Crippen LogP contribution in [-0.2, 0) is 0 Å². The Labute approximate surface area is 99.5 Å². The van der Waals surface area contributed by atoms with Crippen LogP contribution in [0.3, 0.4) is 0 Å². The molecular weight excluding hydrogens is 300 g/mol. The van der Waals surface area contributed by atoms with Gasteiger partial charge in [-0.3, -0.25) is 0 Å². The van der Waals surface area contributed by atoms with E-state index in [1.807, 2.05) is 0 Å². The minimum absolute atomic E-state index is 0.180. The Morgan fingerprint density at radius 3 is 2.67 bits per heavy atom. The van der Waals surface area contributed by atoms with E-state index in [4.69, 9.17) is 4.98 Å². The number of nitrogens with zero attached hydrogens (tertiary/aromatic N) is 2. The van der Waals surface area contributed by atoms with Crippen molar-refractivity contribution in [2.45, 2.75) is 19.3 Å². The van der Waals surface area contributed by atoms with E-state index in [-0.39, 0.29) is 20.4 Å². The van der Waals surface area contributed by atoms with E-state index >= 15 is 0 Å². The molecule has 0 bridgehead atoms. The molecule has 1 saturated heterocycles. The number of anilines is 1. The van der Waals surface area contributed by atoms with Crippen LogP contribution >= 0.6 is 0 Å². The normalized spacial score (nSPS) is 17.2. The molecular formula is C12H14N2Te. The molecule has 1 aliphatic heterocycles. The average Bonchev–Trinajstić information content (AvgIpc) is 2.74. The van der Waals surface area contributed by atoms with E-state index in [0.29, 0.717) is 0 Å². The Bertz CT molecular complexity index is 424. The monoisotopic (exact) mass is 316 g/mol. The number of hydrogen-bond donors (Lipinski definition) is 0. The summed E-state index contributed by atoms with van der Waals surface area (Å²) in [5.74, 6) is 0. The van der Waals surface area contributed by atoms with E-state index in [1.54, 1.807) is 0 Å². The Morgan fingerprint density at radius 1 is 1.07 bits per heavy atom. The van der Waals surface area contributed by atoms with Crippen molar-refractivity contribution in [3.8, 4) is 0 Å². The summed E-state index contributed by atoms with van der Waals surface area (Å²) in [7, 11) is 0. The molecule has 2 aromatic rings. The molecule has 1 aromatic heterocycles. The Balaban J connectivity index is 1.96. The van der Waals surface area contributed by atoms with Crippen LogP contribution in [0, 0.1) is 0 Å². The number of aromatic nitrogens is 1. The second-order valence-electron chi connectivity index (χ2n) is 4.01. The SMILES string of the molecule is c1ccc2[te]c(N3CCCCC3)nc2c1. The van der Waals surface area contributed by atoms with Crippen LogP contribution in [-0.4, -0.2) is 38.5 Å². The summed E-state index contributed by atoms with van der Waals surface area (Å²) >= 11 is -0.180. The van der Waals surface area contributed by atoms with Crippen LogP contribution in [0.4, 0.5) is 3.83 Å². The molecule has 15 heavy (non-hydrogen) atoms. The van der Waals surface area contributed by atoms with Gasteiger partial charge in [0.15, 0.2) is 0 Å². The minimum atomic E-state index is -0.180. The van der Waals surface area contributed by atoms with Crippen molar-refractivity contribution < 1.29 is 0 Å². The first kappa shape index (κ1) is 9.69. The maximum atomic E-state index is 4.78. The van der Waals surface area contributed by atoms with Crippen LogP contribution in [0.25, 0.3) is 8.92 Å². The summed E-state index contributed by atoms with van der Waals surface area (Å²) in [4.78, 5) is 7.30. The first-order valence-electron chi connectivity index (χ1n) is 5.54. The molecule has 78 valence electrons. The Kier molecular flexibility index (Phi) is 2.68. The summed E-state index contributed by atoms with van der Waals surface area (Å²) in [6.07, 6.45) is 4.10. The number of hydrogen-bond acceptors (Lipinski definition) is 2. The van der Waals surface area contributed by atoms with Gasteiger partial charge in [0, 0.05) is 0 Å². The van der Waals surface area contributed by atoms with E-state index in [1.165, 1.54) is 45.1 Å². The van der Waals surface area contributed by atoms with Crippen molar-refractivity contribution in [1.82, 2.24) is 4.98 Å². The van der Waals surface area contributed by atoms with Crippen LogP contribution < -0.4 is 4.90 Å². The zero-order chi connectivity index (χ0) is 10.1. The van der Waals surface area contributed by atoms with Gasteiger partial charge in [-0.05, 0) is 0 Å². The average molecular weight is 314 g/mol. The third-order valence-corrected chi connectivity index (χ3v) is 6.04. The third-order valence-electron chi connectivity index (χ3n) is 2.91. The molecule has 3 heteroatoms. The van der Waals surface area contributed by atoms with Gasteiger partial charge in [0.2, 0.25) is 0 Å². The zero-order valence-electron chi connectivity index (χ0n) is 8.65. The van der Waals surface area contributed by atoms with Crippen molar-refractivity contribution in [3.63, 3.8) is 0 Å². The zero-order valence-corrected chi connectivity index (χ0v) is 11.0. The van der Waals surface area contributed by atoms with Crippen LogP contribution in [0.15, 0.2) is 24.3 Å². The molecule has 0 radical (unpaired) electrons. The molecule has 2 nitrogen and oxygen atoms in total. The number of rotatable bonds is 1. The molecule has 0 N–H and O–H groups in total. The van der Waals surface area contributed by atoms with Gasteiger partial charge in [-0.25, -0.2) is 0 Å². The molecule has 0 unspecified atom stereocenters. The molecule has 3 rings (SSSR count). The second-order valence-corrected chi connectivity index (χ2v) is 6.89. The molecule has 1 aliphatic rings. The van der Waals surface area contributed by atoms with Crippen LogP contribution in [0.1, 0.15) is 19.3 Å². The Hall–Kier alpha value is -0.520. The molecule has 1 fully saturated rings. The standard InChI is InChI=1S/C12H14N2Te/c1-4-8-14(9-5-1)12-13-10-6-2-3-7-11(10)15-12/h2-3,6-7H,1,4-5,8-9H2. The van der Waals surface area contributed by atoms with Gasteiger partial charge in [0.1, 0.15) is 0 Å². The molecule has 2 heterocycles. The van der Waals surface area contributed by atoms with Gasteiger partial charge < -0.3 is 0 Å². The molecule has 1 aromatic carbocycles. The first-order chi connectivity index (χ1) is 7.43. The van der Waals surface area contributed by atoms with E-state index in [0.717, 1.165) is 0 Å². The summed E-state index contributed by atoms with van der Waals surface area (Å²) in [6.45, 7) is 2.47. The van der Waals surface area contributed by atoms with Gasteiger partial charge in [0.05, 0.1) is 0 Å². The fourth-order valence-electron chi connectivity index (χ4n) is 2.08. The van der Waals surface area contributed by atoms with Crippen LogP contribution in [0.5, 0.6) is 0 Å². The Morgan fingerprint density at radius 2 is 1.87 bits per heavy atom. The van der Waals surface area contributed by atoms with Crippen molar-refractivity contribution in [2.24, 2.45) is 0 Å². The molecule has 0 saturated carbocycles. The molecule has 0 spiro atoms. The molecule has 0 atom stereocenters. The van der Waals surface area contributed by atoms with Gasteiger partial charge in [-0.2, -0.15) is 0 Å². The fraction of sp³-hybridized carbons (Fsp3) is 0.417. The van der Waals surface area contributed by atoms with Gasteiger partial charge in [-0.1, -0.05) is 0 Å². The fourth-order valence-corrected chi connectivity index (χ4v) is 4.98. The maximum absolute atomic E-state index is 4.78. The van der Waals surface area contributed by atoms with Gasteiger partial charge in [0.25, 0.3) is 0 Å². The topological polar surface area (TPSA) is 16.1 Å². The van der Waals surface area contributed by atoms with Crippen molar-refractivity contribution >= 4 is 33.2 Å². The predicted octanol–water partition coefficient (Wildman–Crippen LogP) is 2.28. The second kappa shape index (κ2) is 4.15. The molecule has 0 aliphatic carbocycles. The number of benzene rings is 1. The van der Waals surface area contributed by atoms with Crippen molar-refractivity contribution in [2.75, 3.05) is 18.0 Å².